The van der Waals surface area contributed by atoms with Crippen molar-refractivity contribution in [2.45, 2.75) is 0 Å². The standard InChI is InChI=1S/C13H9NO3S/c15-13-5-4-9(8-18)6-12(13)10-2-1-3-11(7-10)14(16)17/h1-8,15H. The van der Waals surface area contributed by atoms with Crippen LogP contribution in [-0.4, -0.2) is 15.4 Å². The monoisotopic (exact) mass is 259 g/mol. The van der Waals surface area contributed by atoms with E-state index in [9.17, 15) is 15.2 Å². The molecule has 0 amide bonds. The van der Waals surface area contributed by atoms with Gasteiger partial charge in [0.2, 0.25) is 0 Å². The molecule has 2 aromatic rings. The van der Waals surface area contributed by atoms with Crippen LogP contribution in [-0.2, 0) is 0 Å². The predicted octanol–water partition coefficient (Wildman–Crippen LogP) is 3.32. The molecule has 0 bridgehead atoms. The minimum Gasteiger partial charge on any atom is -0.507 e. The van der Waals surface area contributed by atoms with Crippen LogP contribution >= 0.6 is 12.2 Å². The second-order valence-corrected chi connectivity index (χ2v) is 3.94. The van der Waals surface area contributed by atoms with Crippen LogP contribution in [0.1, 0.15) is 5.56 Å². The molecular weight excluding hydrogens is 250 g/mol. The van der Waals surface area contributed by atoms with Gasteiger partial charge in [-0.1, -0.05) is 30.4 Å². The maximum atomic E-state index is 10.7. The Morgan fingerprint density at radius 1 is 1.22 bits per heavy atom. The van der Waals surface area contributed by atoms with E-state index in [-0.39, 0.29) is 11.4 Å². The highest BCUT2D eigenvalue weighted by atomic mass is 32.1. The summed E-state index contributed by atoms with van der Waals surface area (Å²) in [6.07, 6.45) is 0. The number of nitrogens with zero attached hydrogens (tertiary/aromatic N) is 1. The molecule has 0 aliphatic carbocycles. The molecule has 0 saturated carbocycles. The Balaban J connectivity index is 2.57. The summed E-state index contributed by atoms with van der Waals surface area (Å²) in [5, 5.41) is 22.0. The van der Waals surface area contributed by atoms with Crippen LogP contribution in [0.4, 0.5) is 5.69 Å². The molecule has 90 valence electrons. The minimum atomic E-state index is -0.469. The fourth-order valence-corrected chi connectivity index (χ4v) is 1.79. The van der Waals surface area contributed by atoms with Gasteiger partial charge in [0.15, 0.2) is 0 Å². The molecule has 0 aliphatic heterocycles. The number of phenols is 1. The molecule has 2 aromatic carbocycles. The number of hydrogen-bond donors (Lipinski definition) is 1. The zero-order valence-electron chi connectivity index (χ0n) is 9.24. The van der Waals surface area contributed by atoms with Crippen LogP contribution in [0.3, 0.4) is 0 Å². The van der Waals surface area contributed by atoms with Crippen molar-refractivity contribution in [3.63, 3.8) is 0 Å². The van der Waals surface area contributed by atoms with Crippen LogP contribution in [0.5, 0.6) is 5.75 Å². The van der Waals surface area contributed by atoms with E-state index in [1.165, 1.54) is 23.6 Å². The number of rotatable bonds is 3. The molecule has 0 saturated heterocycles. The van der Waals surface area contributed by atoms with Gasteiger partial charge < -0.3 is 5.11 Å². The lowest BCUT2D eigenvalue weighted by Crippen LogP contribution is -1.89. The van der Waals surface area contributed by atoms with Crippen LogP contribution in [0.15, 0.2) is 42.5 Å². The van der Waals surface area contributed by atoms with E-state index in [4.69, 9.17) is 12.2 Å². The molecule has 18 heavy (non-hydrogen) atoms. The van der Waals surface area contributed by atoms with E-state index in [0.29, 0.717) is 11.1 Å². The summed E-state index contributed by atoms with van der Waals surface area (Å²) in [5.41, 5.74) is 1.86. The molecule has 0 aromatic heterocycles. The Kier molecular flexibility index (Phi) is 3.34. The van der Waals surface area contributed by atoms with Gasteiger partial charge in [0.1, 0.15) is 5.75 Å². The topological polar surface area (TPSA) is 63.4 Å². The zero-order chi connectivity index (χ0) is 13.1. The number of phenolic OH excluding ortho intramolecular Hbond substituents is 1. The summed E-state index contributed by atoms with van der Waals surface area (Å²) in [6, 6.07) is 11.0. The average molecular weight is 259 g/mol. The van der Waals surface area contributed by atoms with Crippen LogP contribution in [0, 0.1) is 10.1 Å². The summed E-state index contributed by atoms with van der Waals surface area (Å²) in [5.74, 6) is 0.0658. The van der Waals surface area contributed by atoms with Gasteiger partial charge in [-0.05, 0) is 23.3 Å². The first-order valence-electron chi connectivity index (χ1n) is 5.15. The highest BCUT2D eigenvalue weighted by Crippen LogP contribution is 2.31. The fraction of sp³-hybridized carbons (Fsp3) is 0. The molecule has 5 heteroatoms. The first-order valence-corrected chi connectivity index (χ1v) is 5.62. The highest BCUT2D eigenvalue weighted by molar-refractivity contribution is 7.79. The van der Waals surface area contributed by atoms with Gasteiger partial charge in [0, 0.05) is 23.1 Å². The summed E-state index contributed by atoms with van der Waals surface area (Å²) in [6.45, 7) is 0. The van der Waals surface area contributed by atoms with Crippen molar-refractivity contribution in [1.82, 2.24) is 0 Å². The molecule has 0 heterocycles. The van der Waals surface area contributed by atoms with Crippen LogP contribution in [0.2, 0.25) is 0 Å². The molecule has 2 rings (SSSR count). The van der Waals surface area contributed by atoms with Crippen molar-refractivity contribution in [2.24, 2.45) is 0 Å². The molecule has 0 spiro atoms. The van der Waals surface area contributed by atoms with Gasteiger partial charge in [-0.25, -0.2) is 0 Å². The largest absolute Gasteiger partial charge is 0.507 e. The first kappa shape index (κ1) is 12.2. The number of aromatic hydroxyl groups is 1. The molecule has 0 radical (unpaired) electrons. The summed E-state index contributed by atoms with van der Waals surface area (Å²) in [4.78, 5) is 10.2. The maximum Gasteiger partial charge on any atom is 0.270 e. The second kappa shape index (κ2) is 4.93. The van der Waals surface area contributed by atoms with E-state index >= 15 is 0 Å². The SMILES string of the molecule is O=[N+]([O-])c1cccc(-c2cc(C=S)ccc2O)c1. The van der Waals surface area contributed by atoms with Crippen molar-refractivity contribution in [2.75, 3.05) is 0 Å². The Labute approximate surface area is 109 Å². The second-order valence-electron chi connectivity index (χ2n) is 3.70. The van der Waals surface area contributed by atoms with Crippen molar-refractivity contribution in [3.05, 3.63) is 58.1 Å². The fourth-order valence-electron chi connectivity index (χ4n) is 1.65. The number of thiocarbonyl (C=S) groups is 1. The summed E-state index contributed by atoms with van der Waals surface area (Å²) >= 11 is 4.82. The number of nitro benzene ring substituents is 1. The Morgan fingerprint density at radius 3 is 2.67 bits per heavy atom. The highest BCUT2D eigenvalue weighted by Gasteiger charge is 2.10. The lowest BCUT2D eigenvalue weighted by Gasteiger charge is -2.05. The normalized spacial score (nSPS) is 10.0. The smallest absolute Gasteiger partial charge is 0.270 e. The number of hydrogen-bond acceptors (Lipinski definition) is 4. The Hall–Kier alpha value is -2.27. The number of non-ortho nitro benzene ring substituents is 1. The molecule has 1 N–H and O–H groups in total. The van der Waals surface area contributed by atoms with Gasteiger partial charge >= 0.3 is 0 Å². The number of benzene rings is 2. The van der Waals surface area contributed by atoms with Crippen molar-refractivity contribution in [3.8, 4) is 16.9 Å². The first-order chi connectivity index (χ1) is 8.61. The number of nitro groups is 1. The molecule has 0 fully saturated rings. The zero-order valence-corrected chi connectivity index (χ0v) is 10.1. The van der Waals surface area contributed by atoms with E-state index in [0.717, 1.165) is 5.56 Å². The van der Waals surface area contributed by atoms with Gasteiger partial charge in [-0.15, -0.1) is 0 Å². The lowest BCUT2D eigenvalue weighted by atomic mass is 10.0. The molecule has 0 atom stereocenters. The van der Waals surface area contributed by atoms with E-state index in [1.807, 2.05) is 0 Å². The molecule has 4 nitrogen and oxygen atoms in total. The van der Waals surface area contributed by atoms with Crippen LogP contribution < -0.4 is 0 Å². The third-order valence-electron chi connectivity index (χ3n) is 2.52. The third kappa shape index (κ3) is 2.36. The maximum absolute atomic E-state index is 10.7. The van der Waals surface area contributed by atoms with Gasteiger partial charge in [0.25, 0.3) is 5.69 Å². The van der Waals surface area contributed by atoms with Gasteiger partial charge in [-0.3, -0.25) is 10.1 Å². The van der Waals surface area contributed by atoms with Gasteiger partial charge in [-0.2, -0.15) is 0 Å². The van der Waals surface area contributed by atoms with E-state index in [2.05, 4.69) is 0 Å². The third-order valence-corrected chi connectivity index (χ3v) is 2.80. The van der Waals surface area contributed by atoms with Crippen molar-refractivity contribution < 1.29 is 10.0 Å². The summed E-state index contributed by atoms with van der Waals surface area (Å²) < 4.78 is 0. The molecule has 0 aliphatic rings. The predicted molar refractivity (Wildman–Crippen MR) is 73.0 cm³/mol. The average Bonchev–Trinajstić information content (AvgIpc) is 2.39. The Morgan fingerprint density at radius 2 is 2.00 bits per heavy atom. The van der Waals surface area contributed by atoms with Crippen molar-refractivity contribution >= 4 is 23.3 Å². The van der Waals surface area contributed by atoms with E-state index < -0.39 is 4.92 Å². The van der Waals surface area contributed by atoms with E-state index in [1.54, 1.807) is 24.3 Å². The minimum absolute atomic E-state index is 0.0142. The van der Waals surface area contributed by atoms with Gasteiger partial charge in [0.05, 0.1) is 4.92 Å². The summed E-state index contributed by atoms with van der Waals surface area (Å²) in [7, 11) is 0. The lowest BCUT2D eigenvalue weighted by molar-refractivity contribution is -0.384. The van der Waals surface area contributed by atoms with Crippen molar-refractivity contribution in [1.29, 1.82) is 0 Å². The quantitative estimate of drug-likeness (QED) is 0.521. The molecular formula is C13H9NO3S. The van der Waals surface area contributed by atoms with Crippen LogP contribution in [0.25, 0.3) is 11.1 Å². The molecule has 0 unspecified atom stereocenters. The Bertz CT molecular complexity index is 625.